The summed E-state index contributed by atoms with van der Waals surface area (Å²) in [5.74, 6) is 0.315. The highest BCUT2D eigenvalue weighted by molar-refractivity contribution is 6.30. The molecule has 0 radical (unpaired) electrons. The molecule has 4 nitrogen and oxygen atoms in total. The second-order valence-electron chi connectivity index (χ2n) is 3.81. The molecular weight excluding hydrogens is 242 g/mol. The number of carbonyl (C=O) groups is 1. The topological polar surface area (TPSA) is 58.6 Å². The summed E-state index contributed by atoms with van der Waals surface area (Å²) in [4.78, 5) is 11.6. The summed E-state index contributed by atoms with van der Waals surface area (Å²) < 4.78 is 5.42. The number of halogens is 1. The minimum atomic E-state index is -0.620. The molecule has 0 heterocycles. The van der Waals surface area contributed by atoms with Crippen molar-refractivity contribution >= 4 is 17.5 Å². The lowest BCUT2D eigenvalue weighted by molar-refractivity contribution is -0.128. The van der Waals surface area contributed by atoms with Crippen LogP contribution < -0.4 is 10.1 Å². The number of aliphatic hydroxyl groups is 1. The van der Waals surface area contributed by atoms with Gasteiger partial charge in [-0.05, 0) is 38.1 Å². The van der Waals surface area contributed by atoms with Crippen LogP contribution in [-0.4, -0.2) is 29.8 Å². The molecule has 1 aromatic carbocycles. The minimum Gasteiger partial charge on any atom is -0.481 e. The lowest BCUT2D eigenvalue weighted by Crippen LogP contribution is -2.42. The molecule has 0 spiro atoms. The standard InChI is InChI=1S/C12H16ClNO3/c1-8(7-15)14-12(16)9(2)17-11-5-3-10(13)4-6-11/h3-6,8-9,15H,7H2,1-2H3,(H,14,16)/t8-,9?/m1/s1. The van der Waals surface area contributed by atoms with Gasteiger partial charge < -0.3 is 15.2 Å². The Labute approximate surface area is 106 Å². The first kappa shape index (κ1) is 13.8. The van der Waals surface area contributed by atoms with Crippen LogP contribution in [0.2, 0.25) is 5.02 Å². The number of ether oxygens (including phenoxy) is 1. The molecule has 2 atom stereocenters. The Morgan fingerprint density at radius 2 is 2.00 bits per heavy atom. The van der Waals surface area contributed by atoms with Crippen LogP contribution in [0.15, 0.2) is 24.3 Å². The molecule has 0 bridgehead atoms. The van der Waals surface area contributed by atoms with Crippen LogP contribution in [0, 0.1) is 0 Å². The minimum absolute atomic E-state index is 0.0978. The summed E-state index contributed by atoms with van der Waals surface area (Å²) in [6, 6.07) is 6.50. The monoisotopic (exact) mass is 257 g/mol. The van der Waals surface area contributed by atoms with Crippen molar-refractivity contribution in [2.75, 3.05) is 6.61 Å². The average molecular weight is 258 g/mol. The fraction of sp³-hybridized carbons (Fsp3) is 0.417. The summed E-state index contributed by atoms with van der Waals surface area (Å²) in [6.07, 6.45) is -0.620. The number of rotatable bonds is 5. The fourth-order valence-corrected chi connectivity index (χ4v) is 1.30. The van der Waals surface area contributed by atoms with Gasteiger partial charge in [0, 0.05) is 11.1 Å². The van der Waals surface area contributed by atoms with Gasteiger partial charge in [-0.2, -0.15) is 0 Å². The average Bonchev–Trinajstić information content (AvgIpc) is 2.31. The normalized spacial score (nSPS) is 13.9. The smallest absolute Gasteiger partial charge is 0.261 e. The van der Waals surface area contributed by atoms with Gasteiger partial charge in [0.05, 0.1) is 6.61 Å². The fourth-order valence-electron chi connectivity index (χ4n) is 1.18. The molecule has 1 aromatic rings. The van der Waals surface area contributed by atoms with Crippen LogP contribution in [0.3, 0.4) is 0 Å². The quantitative estimate of drug-likeness (QED) is 0.843. The van der Waals surface area contributed by atoms with Crippen LogP contribution in [-0.2, 0) is 4.79 Å². The molecule has 0 aromatic heterocycles. The zero-order chi connectivity index (χ0) is 12.8. The number of nitrogens with one attached hydrogen (secondary N) is 1. The third kappa shape index (κ3) is 4.63. The summed E-state index contributed by atoms with van der Waals surface area (Å²) in [5.41, 5.74) is 0. The van der Waals surface area contributed by atoms with E-state index in [4.69, 9.17) is 21.4 Å². The predicted molar refractivity (Wildman–Crippen MR) is 66.2 cm³/mol. The Morgan fingerprint density at radius 3 is 2.53 bits per heavy atom. The zero-order valence-corrected chi connectivity index (χ0v) is 10.6. The number of benzene rings is 1. The summed E-state index contributed by atoms with van der Waals surface area (Å²) >= 11 is 5.74. The van der Waals surface area contributed by atoms with Crippen LogP contribution in [0.25, 0.3) is 0 Å². The van der Waals surface area contributed by atoms with Crippen molar-refractivity contribution in [1.82, 2.24) is 5.32 Å². The van der Waals surface area contributed by atoms with E-state index in [1.165, 1.54) is 0 Å². The molecule has 0 saturated carbocycles. The van der Waals surface area contributed by atoms with Crippen LogP contribution in [0.5, 0.6) is 5.75 Å². The van der Waals surface area contributed by atoms with E-state index in [0.717, 1.165) is 0 Å². The molecular formula is C12H16ClNO3. The van der Waals surface area contributed by atoms with Gasteiger partial charge in [0.2, 0.25) is 0 Å². The highest BCUT2D eigenvalue weighted by Gasteiger charge is 2.16. The van der Waals surface area contributed by atoms with E-state index in [9.17, 15) is 4.79 Å². The zero-order valence-electron chi connectivity index (χ0n) is 9.81. The Kier molecular flexibility index (Phi) is 5.25. The van der Waals surface area contributed by atoms with E-state index in [1.54, 1.807) is 38.1 Å². The molecule has 0 fully saturated rings. The molecule has 17 heavy (non-hydrogen) atoms. The van der Waals surface area contributed by atoms with Gasteiger partial charge >= 0.3 is 0 Å². The first-order valence-corrected chi connectivity index (χ1v) is 5.74. The first-order chi connectivity index (χ1) is 8.02. The Morgan fingerprint density at radius 1 is 1.41 bits per heavy atom. The third-order valence-electron chi connectivity index (χ3n) is 2.16. The second-order valence-corrected chi connectivity index (χ2v) is 4.24. The van der Waals surface area contributed by atoms with Gasteiger partial charge in [0.15, 0.2) is 6.10 Å². The Hall–Kier alpha value is -1.26. The van der Waals surface area contributed by atoms with Gasteiger partial charge in [-0.15, -0.1) is 0 Å². The number of hydrogen-bond donors (Lipinski definition) is 2. The van der Waals surface area contributed by atoms with Gasteiger partial charge in [-0.25, -0.2) is 0 Å². The number of aliphatic hydroxyl groups excluding tert-OH is 1. The van der Waals surface area contributed by atoms with Gasteiger partial charge in [-0.3, -0.25) is 4.79 Å². The van der Waals surface area contributed by atoms with Crippen LogP contribution in [0.1, 0.15) is 13.8 Å². The molecule has 5 heteroatoms. The first-order valence-electron chi connectivity index (χ1n) is 5.36. The summed E-state index contributed by atoms with van der Waals surface area (Å²) in [6.45, 7) is 3.26. The molecule has 0 aliphatic rings. The summed E-state index contributed by atoms with van der Waals surface area (Å²) in [7, 11) is 0. The van der Waals surface area contributed by atoms with Crippen molar-refractivity contribution in [1.29, 1.82) is 0 Å². The third-order valence-corrected chi connectivity index (χ3v) is 2.41. The SMILES string of the molecule is CC(Oc1ccc(Cl)cc1)C(=O)N[C@H](C)CO. The lowest BCUT2D eigenvalue weighted by atomic mass is 10.3. The van der Waals surface area contributed by atoms with Crippen molar-refractivity contribution < 1.29 is 14.6 Å². The van der Waals surface area contributed by atoms with Crippen LogP contribution in [0.4, 0.5) is 0 Å². The van der Waals surface area contributed by atoms with Crippen molar-refractivity contribution in [2.45, 2.75) is 26.0 Å². The van der Waals surface area contributed by atoms with Gasteiger partial charge in [0.25, 0.3) is 5.91 Å². The Balaban J connectivity index is 2.51. The van der Waals surface area contributed by atoms with Crippen molar-refractivity contribution in [3.63, 3.8) is 0 Å². The largest absolute Gasteiger partial charge is 0.481 e. The maximum Gasteiger partial charge on any atom is 0.261 e. The van der Waals surface area contributed by atoms with Crippen molar-refractivity contribution in [2.24, 2.45) is 0 Å². The highest BCUT2D eigenvalue weighted by atomic mass is 35.5. The maximum atomic E-state index is 11.6. The van der Waals surface area contributed by atoms with Gasteiger partial charge in [-0.1, -0.05) is 11.6 Å². The molecule has 1 rings (SSSR count). The molecule has 1 amide bonds. The van der Waals surface area contributed by atoms with E-state index < -0.39 is 6.10 Å². The molecule has 2 N–H and O–H groups in total. The molecule has 0 aliphatic carbocycles. The number of hydrogen-bond acceptors (Lipinski definition) is 3. The number of amides is 1. The van der Waals surface area contributed by atoms with Crippen molar-refractivity contribution in [3.8, 4) is 5.75 Å². The Bertz CT molecular complexity index is 367. The molecule has 1 unspecified atom stereocenters. The van der Waals surface area contributed by atoms with Gasteiger partial charge in [0.1, 0.15) is 5.75 Å². The maximum absolute atomic E-state index is 11.6. The molecule has 0 saturated heterocycles. The second kappa shape index (κ2) is 6.47. The lowest BCUT2D eigenvalue weighted by Gasteiger charge is -2.17. The molecule has 0 aliphatic heterocycles. The van der Waals surface area contributed by atoms with E-state index in [0.29, 0.717) is 10.8 Å². The van der Waals surface area contributed by atoms with Crippen molar-refractivity contribution in [3.05, 3.63) is 29.3 Å². The summed E-state index contributed by atoms with van der Waals surface area (Å²) in [5, 5.41) is 12.1. The molecule has 94 valence electrons. The number of carbonyl (C=O) groups excluding carboxylic acids is 1. The predicted octanol–water partition coefficient (Wildman–Crippen LogP) is 1.60. The highest BCUT2D eigenvalue weighted by Crippen LogP contribution is 2.16. The van der Waals surface area contributed by atoms with E-state index in [1.807, 2.05) is 0 Å². The van der Waals surface area contributed by atoms with E-state index in [2.05, 4.69) is 5.32 Å². The van der Waals surface area contributed by atoms with Crippen LogP contribution >= 0.6 is 11.6 Å². The van der Waals surface area contributed by atoms with E-state index in [-0.39, 0.29) is 18.6 Å². The van der Waals surface area contributed by atoms with E-state index >= 15 is 0 Å².